The summed E-state index contributed by atoms with van der Waals surface area (Å²) >= 11 is 0. The molecule has 228 valence electrons. The maximum Gasteiger partial charge on any atom is 0.360 e. The predicted molar refractivity (Wildman–Crippen MR) is 168 cm³/mol. The lowest BCUT2D eigenvalue weighted by Crippen LogP contribution is -2.24. The van der Waals surface area contributed by atoms with Crippen LogP contribution in [0.2, 0.25) is 0 Å². The highest BCUT2D eigenvalue weighted by molar-refractivity contribution is 6.05. The third-order valence-corrected chi connectivity index (χ3v) is 6.91. The van der Waals surface area contributed by atoms with Crippen LogP contribution < -0.4 is 25.2 Å². The number of carbonyl (C=O) groups excluding carboxylic acids is 1. The summed E-state index contributed by atoms with van der Waals surface area (Å²) in [5, 5.41) is 3.32. The molecule has 42 heavy (non-hydrogen) atoms. The summed E-state index contributed by atoms with van der Waals surface area (Å²) in [6.45, 7) is 11.3. The van der Waals surface area contributed by atoms with Crippen LogP contribution in [0, 0.1) is 0 Å². The second kappa shape index (κ2) is 15.4. The van der Waals surface area contributed by atoms with Crippen LogP contribution in [0.15, 0.2) is 57.3 Å². The molecule has 0 radical (unpaired) electrons. The average Bonchev–Trinajstić information content (AvgIpc) is 2.95. The standard InChI is InChI=1S/C33H45N3O6/c1-9-36(7)17-16-23(4)41-29-15-12-25-21-27(33(38)42-30(25)31(29)39-8)34-32(37)26-13-14-28(40-19-18-35(5)6)24(20-26)11-10-22(2)3/h10,12-15,20-21,23H,9,11,16-19H2,1-8H3,(H,34,37). The topological polar surface area (TPSA) is 93.5 Å². The Labute approximate surface area is 249 Å². The van der Waals surface area contributed by atoms with Crippen LogP contribution in [-0.2, 0) is 6.42 Å². The van der Waals surface area contributed by atoms with Gasteiger partial charge in [0, 0.05) is 24.0 Å². The number of hydrogen-bond donors (Lipinski definition) is 1. The first-order valence-electron chi connectivity index (χ1n) is 14.4. The molecule has 0 aliphatic rings. The molecule has 0 saturated carbocycles. The van der Waals surface area contributed by atoms with Gasteiger partial charge in [-0.3, -0.25) is 4.79 Å². The summed E-state index contributed by atoms with van der Waals surface area (Å²) in [6, 6.07) is 10.5. The van der Waals surface area contributed by atoms with Gasteiger partial charge in [-0.1, -0.05) is 18.6 Å². The second-order valence-electron chi connectivity index (χ2n) is 11.0. The van der Waals surface area contributed by atoms with Crippen LogP contribution in [0.5, 0.6) is 17.2 Å². The number of nitrogens with one attached hydrogen (secondary N) is 1. The zero-order valence-electron chi connectivity index (χ0n) is 26.2. The first-order valence-corrected chi connectivity index (χ1v) is 14.4. The van der Waals surface area contributed by atoms with Crippen molar-refractivity contribution < 1.29 is 23.4 Å². The maximum atomic E-state index is 13.2. The molecule has 3 rings (SSSR count). The summed E-state index contributed by atoms with van der Waals surface area (Å²) in [6.07, 6.45) is 3.47. The summed E-state index contributed by atoms with van der Waals surface area (Å²) in [5.41, 5.74) is 2.09. The van der Waals surface area contributed by atoms with Crippen molar-refractivity contribution in [1.82, 2.24) is 9.80 Å². The molecule has 1 atom stereocenters. The molecule has 1 amide bonds. The van der Waals surface area contributed by atoms with Crippen molar-refractivity contribution in [1.29, 1.82) is 0 Å². The van der Waals surface area contributed by atoms with Crippen LogP contribution in [-0.4, -0.2) is 76.3 Å². The third-order valence-electron chi connectivity index (χ3n) is 6.91. The van der Waals surface area contributed by atoms with Crippen molar-refractivity contribution in [2.45, 2.75) is 46.6 Å². The van der Waals surface area contributed by atoms with Gasteiger partial charge in [0.05, 0.1) is 13.2 Å². The number of likely N-dealkylation sites (N-methyl/N-ethyl adjacent to an activating group) is 1. The van der Waals surface area contributed by atoms with Crippen molar-refractivity contribution in [2.24, 2.45) is 0 Å². The molecule has 9 heteroatoms. The van der Waals surface area contributed by atoms with Gasteiger partial charge in [-0.15, -0.1) is 0 Å². The molecule has 0 fully saturated rings. The Morgan fingerprint density at radius 1 is 1.07 bits per heavy atom. The normalized spacial score (nSPS) is 12.0. The lowest BCUT2D eigenvalue weighted by molar-refractivity contribution is 0.102. The lowest BCUT2D eigenvalue weighted by Gasteiger charge is -2.20. The van der Waals surface area contributed by atoms with Crippen LogP contribution in [0.25, 0.3) is 11.0 Å². The minimum Gasteiger partial charge on any atom is -0.492 e. The van der Waals surface area contributed by atoms with E-state index in [0.717, 1.165) is 37.4 Å². The van der Waals surface area contributed by atoms with Crippen LogP contribution >= 0.6 is 0 Å². The van der Waals surface area contributed by atoms with E-state index in [1.54, 1.807) is 36.4 Å². The SMILES string of the molecule is CCN(C)CCC(C)Oc1ccc2cc(NC(=O)c3ccc(OCCN(C)C)c(CC=C(C)C)c3)c(=O)oc2c1OC. The number of carbonyl (C=O) groups is 1. The van der Waals surface area contributed by atoms with Gasteiger partial charge < -0.3 is 33.7 Å². The van der Waals surface area contributed by atoms with Gasteiger partial charge in [-0.05, 0) is 103 Å². The fraction of sp³-hybridized carbons (Fsp3) is 0.455. The first kappa shape index (κ1) is 32.7. The van der Waals surface area contributed by atoms with Gasteiger partial charge in [0.1, 0.15) is 18.0 Å². The number of rotatable bonds is 15. The zero-order valence-corrected chi connectivity index (χ0v) is 26.2. The van der Waals surface area contributed by atoms with E-state index in [9.17, 15) is 9.59 Å². The summed E-state index contributed by atoms with van der Waals surface area (Å²) in [5.74, 6) is 1.14. The highest BCUT2D eigenvalue weighted by atomic mass is 16.5. The van der Waals surface area contributed by atoms with Gasteiger partial charge >= 0.3 is 5.63 Å². The Kier molecular flexibility index (Phi) is 12.0. The number of ether oxygens (including phenoxy) is 3. The molecule has 2 aromatic carbocycles. The Morgan fingerprint density at radius 3 is 2.48 bits per heavy atom. The molecule has 9 nitrogen and oxygen atoms in total. The largest absolute Gasteiger partial charge is 0.492 e. The van der Waals surface area contributed by atoms with Crippen molar-refractivity contribution in [3.05, 3.63) is 69.6 Å². The minimum absolute atomic E-state index is 0.0383. The number of benzene rings is 2. The highest BCUT2D eigenvalue weighted by Crippen LogP contribution is 2.36. The number of methoxy groups -OCH3 is 1. The molecular formula is C33H45N3O6. The molecule has 0 bridgehead atoms. The Balaban J connectivity index is 1.83. The number of amides is 1. The van der Waals surface area contributed by atoms with Gasteiger partial charge in [-0.2, -0.15) is 0 Å². The Bertz CT molecular complexity index is 1440. The van der Waals surface area contributed by atoms with Crippen LogP contribution in [0.3, 0.4) is 0 Å². The van der Waals surface area contributed by atoms with E-state index in [4.69, 9.17) is 18.6 Å². The van der Waals surface area contributed by atoms with Gasteiger partial charge in [-0.25, -0.2) is 4.79 Å². The number of allylic oxidation sites excluding steroid dienone is 2. The molecule has 1 heterocycles. The van der Waals surface area contributed by atoms with Gasteiger partial charge in [0.25, 0.3) is 5.91 Å². The predicted octanol–water partition coefficient (Wildman–Crippen LogP) is 5.61. The van der Waals surface area contributed by atoms with Crippen molar-refractivity contribution in [3.63, 3.8) is 0 Å². The third kappa shape index (κ3) is 9.09. The smallest absolute Gasteiger partial charge is 0.360 e. The summed E-state index contributed by atoms with van der Waals surface area (Å²) in [7, 11) is 7.55. The van der Waals surface area contributed by atoms with Crippen molar-refractivity contribution >= 4 is 22.6 Å². The van der Waals surface area contributed by atoms with Gasteiger partial charge in [0.2, 0.25) is 5.75 Å². The monoisotopic (exact) mass is 579 g/mol. The maximum absolute atomic E-state index is 13.2. The molecule has 0 aliphatic heterocycles. The molecule has 1 aromatic heterocycles. The fourth-order valence-corrected chi connectivity index (χ4v) is 4.22. The molecule has 1 N–H and O–H groups in total. The molecule has 3 aromatic rings. The number of hydrogen-bond acceptors (Lipinski definition) is 8. The highest BCUT2D eigenvalue weighted by Gasteiger charge is 2.19. The Morgan fingerprint density at radius 2 is 1.81 bits per heavy atom. The van der Waals surface area contributed by atoms with Crippen molar-refractivity contribution in [3.8, 4) is 17.2 Å². The van der Waals surface area contributed by atoms with Crippen molar-refractivity contribution in [2.75, 3.05) is 59.8 Å². The molecule has 0 spiro atoms. The minimum atomic E-state index is -0.683. The van der Waals surface area contributed by atoms with E-state index < -0.39 is 11.5 Å². The number of fused-ring (bicyclic) bond motifs is 1. The second-order valence-corrected chi connectivity index (χ2v) is 11.0. The van der Waals surface area contributed by atoms with E-state index in [1.165, 1.54) is 12.7 Å². The van der Waals surface area contributed by atoms with E-state index in [-0.39, 0.29) is 17.4 Å². The fourth-order valence-electron chi connectivity index (χ4n) is 4.22. The quantitative estimate of drug-likeness (QED) is 0.183. The molecule has 0 saturated heterocycles. The average molecular weight is 580 g/mol. The van der Waals surface area contributed by atoms with E-state index >= 15 is 0 Å². The molecule has 1 unspecified atom stereocenters. The molecule has 0 aliphatic carbocycles. The van der Waals surface area contributed by atoms with Gasteiger partial charge in [0.15, 0.2) is 11.3 Å². The first-order chi connectivity index (χ1) is 20.0. The van der Waals surface area contributed by atoms with E-state index in [1.807, 2.05) is 39.8 Å². The van der Waals surface area contributed by atoms with Crippen LogP contribution in [0.1, 0.15) is 50.0 Å². The van der Waals surface area contributed by atoms with E-state index in [2.05, 4.69) is 30.3 Å². The Hall–Kier alpha value is -3.82. The zero-order chi connectivity index (χ0) is 30.8. The number of anilines is 1. The number of nitrogens with zero attached hydrogens (tertiary/aromatic N) is 2. The van der Waals surface area contributed by atoms with Crippen LogP contribution in [0.4, 0.5) is 5.69 Å². The lowest BCUT2D eigenvalue weighted by atomic mass is 10.0. The summed E-state index contributed by atoms with van der Waals surface area (Å²) < 4.78 is 23.3. The molecular weight excluding hydrogens is 534 g/mol. The van der Waals surface area contributed by atoms with E-state index in [0.29, 0.717) is 35.5 Å². The summed E-state index contributed by atoms with van der Waals surface area (Å²) in [4.78, 5) is 30.5.